The minimum Gasteiger partial charge on any atom is -0.485 e. The molecule has 0 saturated heterocycles. The van der Waals surface area contributed by atoms with E-state index in [4.69, 9.17) is 14.3 Å². The van der Waals surface area contributed by atoms with Gasteiger partial charge in [0.15, 0.2) is 5.76 Å². The predicted octanol–water partition coefficient (Wildman–Crippen LogP) is 2.98. The van der Waals surface area contributed by atoms with Crippen LogP contribution >= 0.6 is 0 Å². The molecule has 0 bridgehead atoms. The van der Waals surface area contributed by atoms with E-state index in [9.17, 15) is 4.79 Å². The van der Waals surface area contributed by atoms with Gasteiger partial charge in [-0.1, -0.05) is 17.7 Å². The summed E-state index contributed by atoms with van der Waals surface area (Å²) in [5.41, 5.74) is 2.25. The molecule has 1 aromatic carbocycles. The molecule has 2 rings (SSSR count). The van der Waals surface area contributed by atoms with Crippen LogP contribution in [0.4, 0.5) is 0 Å². The number of benzene rings is 1. The molecular weight excluding hydrogens is 294 g/mol. The summed E-state index contributed by atoms with van der Waals surface area (Å²) in [5, 5.41) is 11.6. The molecular formula is C18H23NO4. The van der Waals surface area contributed by atoms with Gasteiger partial charge in [-0.3, -0.25) is 4.79 Å². The van der Waals surface area contributed by atoms with Crippen molar-refractivity contribution in [3.63, 3.8) is 0 Å². The van der Waals surface area contributed by atoms with Crippen molar-refractivity contribution in [2.45, 2.75) is 39.8 Å². The third-order valence-corrected chi connectivity index (χ3v) is 3.53. The summed E-state index contributed by atoms with van der Waals surface area (Å²) >= 11 is 0. The number of hydrogen-bond acceptors (Lipinski definition) is 4. The molecule has 0 aliphatic carbocycles. The maximum atomic E-state index is 12.0. The van der Waals surface area contributed by atoms with Crippen molar-refractivity contribution in [2.24, 2.45) is 0 Å². The van der Waals surface area contributed by atoms with Gasteiger partial charge >= 0.3 is 0 Å². The van der Waals surface area contributed by atoms with Crippen LogP contribution in [0.3, 0.4) is 0 Å². The fraction of sp³-hybridized carbons (Fsp3) is 0.389. The third-order valence-electron chi connectivity index (χ3n) is 3.53. The first-order valence-electron chi connectivity index (χ1n) is 7.70. The van der Waals surface area contributed by atoms with Gasteiger partial charge in [0.05, 0.1) is 0 Å². The van der Waals surface area contributed by atoms with Crippen LogP contribution in [0.25, 0.3) is 0 Å². The Balaban J connectivity index is 1.93. The first-order valence-corrected chi connectivity index (χ1v) is 7.70. The molecule has 1 aromatic heterocycles. The number of hydrogen-bond donors (Lipinski definition) is 2. The van der Waals surface area contributed by atoms with Crippen molar-refractivity contribution < 1.29 is 19.1 Å². The number of nitrogens with one attached hydrogen (secondary N) is 1. The smallest absolute Gasteiger partial charge is 0.287 e. The van der Waals surface area contributed by atoms with Gasteiger partial charge in [-0.15, -0.1) is 0 Å². The van der Waals surface area contributed by atoms with Gasteiger partial charge in [0.1, 0.15) is 18.1 Å². The van der Waals surface area contributed by atoms with Crippen molar-refractivity contribution in [1.29, 1.82) is 0 Å². The first-order chi connectivity index (χ1) is 11.0. The Bertz CT molecular complexity index is 663. The predicted molar refractivity (Wildman–Crippen MR) is 87.6 cm³/mol. The Morgan fingerprint density at radius 1 is 1.30 bits per heavy atom. The summed E-state index contributed by atoms with van der Waals surface area (Å²) in [7, 11) is 0. The van der Waals surface area contributed by atoms with Crippen LogP contribution in [0.15, 0.2) is 34.7 Å². The second-order valence-electron chi connectivity index (χ2n) is 5.71. The van der Waals surface area contributed by atoms with Crippen molar-refractivity contribution in [3.8, 4) is 5.75 Å². The Labute approximate surface area is 136 Å². The second kappa shape index (κ2) is 7.83. The SMILES string of the molecule is Cc1ccc(OCc2ccc(C(=O)NC(C)CCO)o2)c(C)c1. The van der Waals surface area contributed by atoms with Crippen molar-refractivity contribution in [2.75, 3.05) is 6.61 Å². The monoisotopic (exact) mass is 317 g/mol. The van der Waals surface area contributed by atoms with Crippen LogP contribution in [0, 0.1) is 13.8 Å². The van der Waals surface area contributed by atoms with E-state index in [-0.39, 0.29) is 30.9 Å². The standard InChI is InChI=1S/C18H23NO4/c1-12-4-6-16(13(2)10-12)22-11-15-5-7-17(23-15)18(21)19-14(3)8-9-20/h4-7,10,14,20H,8-9,11H2,1-3H3,(H,19,21). The minimum atomic E-state index is -0.288. The fourth-order valence-electron chi connectivity index (χ4n) is 2.25. The Kier molecular flexibility index (Phi) is 5.82. The molecule has 5 heteroatoms. The maximum absolute atomic E-state index is 12.0. The molecule has 0 fully saturated rings. The number of aliphatic hydroxyl groups excluding tert-OH is 1. The first kappa shape index (κ1) is 17.1. The van der Waals surface area contributed by atoms with E-state index in [1.807, 2.05) is 32.9 Å². The lowest BCUT2D eigenvalue weighted by atomic mass is 10.1. The summed E-state index contributed by atoms with van der Waals surface area (Å²) in [6, 6.07) is 9.23. The highest BCUT2D eigenvalue weighted by molar-refractivity contribution is 5.91. The number of amides is 1. The van der Waals surface area contributed by atoms with E-state index in [1.165, 1.54) is 5.56 Å². The zero-order valence-electron chi connectivity index (χ0n) is 13.8. The number of furan rings is 1. The number of rotatable bonds is 7. The number of carbonyl (C=O) groups excluding carboxylic acids is 1. The van der Waals surface area contributed by atoms with E-state index in [0.717, 1.165) is 11.3 Å². The van der Waals surface area contributed by atoms with Gasteiger partial charge in [0.25, 0.3) is 5.91 Å². The summed E-state index contributed by atoms with van der Waals surface area (Å²) in [4.78, 5) is 12.0. The molecule has 2 N–H and O–H groups in total. The van der Waals surface area contributed by atoms with Crippen molar-refractivity contribution in [3.05, 3.63) is 53.0 Å². The number of aryl methyl sites for hydroxylation is 2. The Hall–Kier alpha value is -2.27. The van der Waals surface area contributed by atoms with Crippen LogP contribution in [0.5, 0.6) is 5.75 Å². The van der Waals surface area contributed by atoms with Crippen LogP contribution in [0.1, 0.15) is 40.8 Å². The quantitative estimate of drug-likeness (QED) is 0.823. The van der Waals surface area contributed by atoms with Gasteiger partial charge in [-0.05, 0) is 51.0 Å². The average molecular weight is 317 g/mol. The molecule has 0 spiro atoms. The van der Waals surface area contributed by atoms with Gasteiger partial charge in [0, 0.05) is 12.6 Å². The topological polar surface area (TPSA) is 71.7 Å². The summed E-state index contributed by atoms with van der Waals surface area (Å²) in [6.07, 6.45) is 0.509. The molecule has 1 heterocycles. The lowest BCUT2D eigenvalue weighted by Gasteiger charge is -2.10. The molecule has 124 valence electrons. The Morgan fingerprint density at radius 3 is 2.78 bits per heavy atom. The minimum absolute atomic E-state index is 0.0363. The molecule has 5 nitrogen and oxygen atoms in total. The lowest BCUT2D eigenvalue weighted by molar-refractivity contribution is 0.0902. The zero-order valence-corrected chi connectivity index (χ0v) is 13.8. The molecule has 1 amide bonds. The molecule has 23 heavy (non-hydrogen) atoms. The van der Waals surface area contributed by atoms with Crippen LogP contribution in [0.2, 0.25) is 0 Å². The molecule has 2 aromatic rings. The number of carbonyl (C=O) groups is 1. The van der Waals surface area contributed by atoms with E-state index >= 15 is 0 Å². The summed E-state index contributed by atoms with van der Waals surface area (Å²) in [6.45, 7) is 6.16. The van der Waals surface area contributed by atoms with E-state index in [0.29, 0.717) is 12.2 Å². The van der Waals surface area contributed by atoms with Crippen LogP contribution < -0.4 is 10.1 Å². The molecule has 0 radical (unpaired) electrons. The van der Waals surface area contributed by atoms with E-state index in [2.05, 4.69) is 11.4 Å². The van der Waals surface area contributed by atoms with Gasteiger partial charge in [-0.25, -0.2) is 0 Å². The van der Waals surface area contributed by atoms with Gasteiger partial charge in [-0.2, -0.15) is 0 Å². The van der Waals surface area contributed by atoms with Gasteiger partial charge in [0.2, 0.25) is 0 Å². The zero-order chi connectivity index (χ0) is 16.8. The van der Waals surface area contributed by atoms with Crippen molar-refractivity contribution in [1.82, 2.24) is 5.32 Å². The highest BCUT2D eigenvalue weighted by Gasteiger charge is 2.14. The molecule has 0 aliphatic heterocycles. The molecule has 0 aliphatic rings. The van der Waals surface area contributed by atoms with Crippen molar-refractivity contribution >= 4 is 5.91 Å². The Morgan fingerprint density at radius 2 is 2.09 bits per heavy atom. The summed E-state index contributed by atoms with van der Waals surface area (Å²) in [5.74, 6) is 1.34. The summed E-state index contributed by atoms with van der Waals surface area (Å²) < 4.78 is 11.2. The second-order valence-corrected chi connectivity index (χ2v) is 5.71. The third kappa shape index (κ3) is 4.86. The number of ether oxygens (including phenoxy) is 1. The number of aliphatic hydroxyl groups is 1. The maximum Gasteiger partial charge on any atom is 0.287 e. The highest BCUT2D eigenvalue weighted by Crippen LogP contribution is 2.20. The van der Waals surface area contributed by atoms with E-state index in [1.54, 1.807) is 12.1 Å². The molecule has 1 unspecified atom stereocenters. The van der Waals surface area contributed by atoms with Crippen LogP contribution in [-0.2, 0) is 6.61 Å². The largest absolute Gasteiger partial charge is 0.485 e. The average Bonchev–Trinajstić information content (AvgIpc) is 2.95. The normalized spacial score (nSPS) is 12.0. The molecule has 1 atom stereocenters. The van der Waals surface area contributed by atoms with E-state index < -0.39 is 0 Å². The fourth-order valence-corrected chi connectivity index (χ4v) is 2.25. The lowest BCUT2D eigenvalue weighted by Crippen LogP contribution is -2.32. The molecule has 0 saturated carbocycles. The highest BCUT2D eigenvalue weighted by atomic mass is 16.5. The van der Waals surface area contributed by atoms with Crippen LogP contribution in [-0.4, -0.2) is 23.7 Å². The van der Waals surface area contributed by atoms with Gasteiger partial charge < -0.3 is 19.6 Å².